The molecule has 0 unspecified atom stereocenters. The summed E-state index contributed by atoms with van der Waals surface area (Å²) in [4.78, 5) is 14.6. The van der Waals surface area contributed by atoms with Gasteiger partial charge in [0.05, 0.1) is 10.2 Å². The Morgan fingerprint density at radius 1 is 1.31 bits per heavy atom. The van der Waals surface area contributed by atoms with E-state index in [1.54, 1.807) is 12.1 Å². The van der Waals surface area contributed by atoms with E-state index < -0.39 is 18.2 Å². The van der Waals surface area contributed by atoms with Crippen molar-refractivity contribution in [3.8, 4) is 0 Å². The fraction of sp³-hybridized carbons (Fsp3) is 0.200. The number of aliphatic hydroxyl groups is 2. The Kier molecular flexibility index (Phi) is 2.86. The molecule has 16 heavy (non-hydrogen) atoms. The zero-order valence-electron chi connectivity index (χ0n) is 8.07. The first-order valence-corrected chi connectivity index (χ1v) is 5.35. The molecule has 0 spiro atoms. The minimum absolute atomic E-state index is 0.205. The summed E-state index contributed by atoms with van der Waals surface area (Å²) in [6, 6.07) is 7.20. The summed E-state index contributed by atoms with van der Waals surface area (Å²) < 4.78 is 0.842. The molecular weight excluding hydrogens is 230 g/mol. The number of carboxylic acid groups (broad SMARTS) is 1. The second-order valence-electron chi connectivity index (χ2n) is 3.25. The van der Waals surface area contributed by atoms with Gasteiger partial charge in [0.2, 0.25) is 0 Å². The quantitative estimate of drug-likeness (QED) is 0.736. The molecule has 6 heteroatoms. The molecule has 1 aromatic heterocycles. The predicted molar refractivity (Wildman–Crippen MR) is 58.2 cm³/mol. The van der Waals surface area contributed by atoms with Gasteiger partial charge < -0.3 is 15.3 Å². The topological polar surface area (TPSA) is 90.7 Å². The Morgan fingerprint density at radius 2 is 2.00 bits per heavy atom. The Morgan fingerprint density at radius 3 is 2.62 bits per heavy atom. The van der Waals surface area contributed by atoms with Gasteiger partial charge in [0, 0.05) is 0 Å². The van der Waals surface area contributed by atoms with E-state index in [-0.39, 0.29) is 5.01 Å². The van der Waals surface area contributed by atoms with Crippen LogP contribution in [0.5, 0.6) is 0 Å². The molecule has 2 aromatic rings. The van der Waals surface area contributed by atoms with Crippen LogP contribution in [0.15, 0.2) is 24.3 Å². The summed E-state index contributed by atoms with van der Waals surface area (Å²) in [6.07, 6.45) is -3.34. The lowest BCUT2D eigenvalue weighted by Crippen LogP contribution is -2.27. The number of nitrogens with zero attached hydrogens (tertiary/aromatic N) is 1. The minimum atomic E-state index is -1.85. The van der Waals surface area contributed by atoms with Crippen LogP contribution in [0.4, 0.5) is 0 Å². The standard InChI is InChI=1S/C10H9NO4S/c12-7(8(13)10(14)15)9-11-5-3-1-2-4-6(5)16-9/h1-4,7-8,12-13H,(H,14,15)/t7-,8+/m0/s1. The third kappa shape index (κ3) is 1.90. The Labute approximate surface area is 94.6 Å². The highest BCUT2D eigenvalue weighted by Crippen LogP contribution is 2.27. The average Bonchev–Trinajstić information content (AvgIpc) is 2.70. The minimum Gasteiger partial charge on any atom is -0.479 e. The number of hydrogen-bond donors (Lipinski definition) is 3. The number of carboxylic acids is 1. The molecule has 0 saturated heterocycles. The second kappa shape index (κ2) is 4.17. The van der Waals surface area contributed by atoms with Crippen LogP contribution in [0.3, 0.4) is 0 Å². The maximum Gasteiger partial charge on any atom is 0.335 e. The second-order valence-corrected chi connectivity index (χ2v) is 4.31. The fourth-order valence-electron chi connectivity index (χ4n) is 1.29. The van der Waals surface area contributed by atoms with Crippen molar-refractivity contribution in [2.24, 2.45) is 0 Å². The first-order chi connectivity index (χ1) is 7.59. The predicted octanol–water partition coefficient (Wildman–Crippen LogP) is 0.775. The molecular formula is C10H9NO4S. The highest BCUT2D eigenvalue weighted by molar-refractivity contribution is 7.18. The highest BCUT2D eigenvalue weighted by Gasteiger charge is 2.27. The number of carbonyl (C=O) groups is 1. The molecule has 0 radical (unpaired) electrons. The first kappa shape index (κ1) is 11.0. The van der Waals surface area contributed by atoms with Gasteiger partial charge >= 0.3 is 5.97 Å². The van der Waals surface area contributed by atoms with Crippen LogP contribution >= 0.6 is 11.3 Å². The lowest BCUT2D eigenvalue weighted by atomic mass is 10.2. The molecule has 1 aromatic carbocycles. The van der Waals surface area contributed by atoms with Gasteiger partial charge in [-0.1, -0.05) is 12.1 Å². The van der Waals surface area contributed by atoms with Gasteiger partial charge in [0.25, 0.3) is 0 Å². The molecule has 0 aliphatic carbocycles. The van der Waals surface area contributed by atoms with Crippen molar-refractivity contribution in [2.75, 3.05) is 0 Å². The van der Waals surface area contributed by atoms with E-state index in [1.165, 1.54) is 11.3 Å². The number of aliphatic hydroxyl groups excluding tert-OH is 2. The van der Waals surface area contributed by atoms with E-state index in [9.17, 15) is 15.0 Å². The zero-order valence-corrected chi connectivity index (χ0v) is 8.89. The van der Waals surface area contributed by atoms with Crippen LogP contribution in [-0.2, 0) is 4.79 Å². The van der Waals surface area contributed by atoms with Crippen molar-refractivity contribution < 1.29 is 20.1 Å². The molecule has 0 fully saturated rings. The number of aliphatic carboxylic acids is 1. The van der Waals surface area contributed by atoms with Gasteiger partial charge in [0.15, 0.2) is 6.10 Å². The van der Waals surface area contributed by atoms with Gasteiger partial charge in [-0.05, 0) is 12.1 Å². The molecule has 0 aliphatic rings. The van der Waals surface area contributed by atoms with Gasteiger partial charge in [-0.25, -0.2) is 9.78 Å². The molecule has 0 amide bonds. The van der Waals surface area contributed by atoms with Crippen molar-refractivity contribution in [2.45, 2.75) is 12.2 Å². The zero-order chi connectivity index (χ0) is 11.7. The van der Waals surface area contributed by atoms with Crippen molar-refractivity contribution in [1.82, 2.24) is 4.98 Å². The summed E-state index contributed by atoms with van der Waals surface area (Å²) in [5, 5.41) is 27.5. The van der Waals surface area contributed by atoms with Crippen molar-refractivity contribution in [3.63, 3.8) is 0 Å². The van der Waals surface area contributed by atoms with E-state index in [0.717, 1.165) is 4.70 Å². The molecule has 0 bridgehead atoms. The Hall–Kier alpha value is -1.50. The molecule has 2 rings (SSSR count). The normalized spacial score (nSPS) is 14.9. The van der Waals surface area contributed by atoms with Gasteiger partial charge in [-0.3, -0.25) is 0 Å². The third-order valence-corrected chi connectivity index (χ3v) is 3.22. The lowest BCUT2D eigenvalue weighted by Gasteiger charge is -2.10. The number of benzene rings is 1. The van der Waals surface area contributed by atoms with Gasteiger partial charge in [-0.15, -0.1) is 11.3 Å². The van der Waals surface area contributed by atoms with Crippen LogP contribution in [0, 0.1) is 0 Å². The SMILES string of the molecule is O=C(O)[C@H](O)[C@H](O)c1nc2ccccc2s1. The van der Waals surface area contributed by atoms with E-state index >= 15 is 0 Å². The molecule has 0 aliphatic heterocycles. The summed E-state index contributed by atoms with van der Waals surface area (Å²) in [7, 11) is 0. The van der Waals surface area contributed by atoms with Crippen LogP contribution in [0.25, 0.3) is 10.2 Å². The van der Waals surface area contributed by atoms with Crippen LogP contribution in [0.1, 0.15) is 11.1 Å². The summed E-state index contributed by atoms with van der Waals surface area (Å²) in [5.74, 6) is -1.47. The number of fused-ring (bicyclic) bond motifs is 1. The fourth-order valence-corrected chi connectivity index (χ4v) is 2.27. The van der Waals surface area contributed by atoms with Crippen molar-refractivity contribution in [1.29, 1.82) is 0 Å². The number of thiazole rings is 1. The number of hydrogen-bond acceptors (Lipinski definition) is 5. The van der Waals surface area contributed by atoms with Crippen LogP contribution in [0.2, 0.25) is 0 Å². The highest BCUT2D eigenvalue weighted by atomic mass is 32.1. The van der Waals surface area contributed by atoms with Crippen molar-refractivity contribution in [3.05, 3.63) is 29.3 Å². The first-order valence-electron chi connectivity index (χ1n) is 4.54. The lowest BCUT2D eigenvalue weighted by molar-refractivity contribution is -0.153. The maximum atomic E-state index is 10.5. The molecule has 2 atom stereocenters. The number of para-hydroxylation sites is 1. The molecule has 0 saturated carbocycles. The summed E-state index contributed by atoms with van der Waals surface area (Å²) in [5.41, 5.74) is 0.680. The van der Waals surface area contributed by atoms with Crippen molar-refractivity contribution >= 4 is 27.5 Å². The summed E-state index contributed by atoms with van der Waals surface area (Å²) >= 11 is 1.17. The maximum absolute atomic E-state index is 10.5. The molecule has 1 heterocycles. The van der Waals surface area contributed by atoms with Gasteiger partial charge in [0.1, 0.15) is 11.1 Å². The number of rotatable bonds is 3. The molecule has 5 nitrogen and oxygen atoms in total. The van der Waals surface area contributed by atoms with Crippen LogP contribution in [-0.4, -0.2) is 32.4 Å². The largest absolute Gasteiger partial charge is 0.479 e. The van der Waals surface area contributed by atoms with Gasteiger partial charge in [-0.2, -0.15) is 0 Å². The number of aromatic nitrogens is 1. The summed E-state index contributed by atoms with van der Waals surface area (Å²) in [6.45, 7) is 0. The monoisotopic (exact) mass is 239 g/mol. The molecule has 3 N–H and O–H groups in total. The smallest absolute Gasteiger partial charge is 0.335 e. The van der Waals surface area contributed by atoms with E-state index in [4.69, 9.17) is 5.11 Å². The van der Waals surface area contributed by atoms with E-state index in [0.29, 0.717) is 5.52 Å². The third-order valence-electron chi connectivity index (χ3n) is 2.12. The Balaban J connectivity index is 2.36. The van der Waals surface area contributed by atoms with E-state index in [2.05, 4.69) is 4.98 Å². The average molecular weight is 239 g/mol. The molecule has 84 valence electrons. The van der Waals surface area contributed by atoms with Crippen LogP contribution < -0.4 is 0 Å². The Bertz CT molecular complexity index is 491. The van der Waals surface area contributed by atoms with E-state index in [1.807, 2.05) is 12.1 Å².